The van der Waals surface area contributed by atoms with E-state index in [2.05, 4.69) is 9.98 Å². The Morgan fingerprint density at radius 1 is 1.59 bits per heavy atom. The fourth-order valence-electron chi connectivity index (χ4n) is 1.29. The molecule has 0 atom stereocenters. The van der Waals surface area contributed by atoms with E-state index in [1.165, 1.54) is 11.3 Å². The largest absolute Gasteiger partial charge is 0.364 e. The summed E-state index contributed by atoms with van der Waals surface area (Å²) in [7, 11) is 1.62. The second-order valence-corrected chi connectivity index (χ2v) is 4.10. The summed E-state index contributed by atoms with van der Waals surface area (Å²) in [4.78, 5) is 19.8. The predicted octanol–water partition coefficient (Wildman–Crippen LogP) is 1.59. The van der Waals surface area contributed by atoms with E-state index in [1.807, 2.05) is 16.1 Å². The molecule has 0 saturated heterocycles. The molecule has 6 heteroatoms. The van der Waals surface area contributed by atoms with E-state index >= 15 is 0 Å². The van der Waals surface area contributed by atoms with Gasteiger partial charge in [0.2, 0.25) is 0 Å². The minimum atomic E-state index is 0.376. The van der Waals surface area contributed by atoms with Gasteiger partial charge in [-0.15, -0.1) is 11.3 Å². The fourth-order valence-corrected chi connectivity index (χ4v) is 2.01. The predicted molar refractivity (Wildman–Crippen MR) is 64.2 cm³/mol. The molecule has 2 aromatic heterocycles. The van der Waals surface area contributed by atoms with Gasteiger partial charge in [-0.3, -0.25) is 9.36 Å². The van der Waals surface area contributed by atoms with Gasteiger partial charge in [-0.1, -0.05) is 6.07 Å². The van der Waals surface area contributed by atoms with Crippen molar-refractivity contribution in [3.05, 3.63) is 40.3 Å². The van der Waals surface area contributed by atoms with Gasteiger partial charge >= 0.3 is 0 Å². The van der Waals surface area contributed by atoms with Crippen LogP contribution in [-0.2, 0) is 11.5 Å². The molecule has 88 valence electrons. The topological polar surface area (TPSA) is 56.5 Å². The summed E-state index contributed by atoms with van der Waals surface area (Å²) in [5.41, 5.74) is 0.376. The summed E-state index contributed by atoms with van der Waals surface area (Å²) >= 11 is 1.49. The molecule has 17 heavy (non-hydrogen) atoms. The lowest BCUT2D eigenvalue weighted by molar-refractivity contribution is 0.111. The number of nitrogens with zero attached hydrogens (tertiary/aromatic N) is 3. The van der Waals surface area contributed by atoms with Crippen molar-refractivity contribution in [2.45, 2.75) is 6.73 Å². The van der Waals surface area contributed by atoms with Gasteiger partial charge in [0.05, 0.1) is 0 Å². The number of aromatic nitrogens is 2. The number of carbonyl (C=O) groups is 1. The molecule has 0 bridgehead atoms. The van der Waals surface area contributed by atoms with Gasteiger partial charge in [0.25, 0.3) is 0 Å². The minimum Gasteiger partial charge on any atom is -0.364 e. The normalized spacial score (nSPS) is 11.7. The average Bonchev–Trinajstić information content (AvgIpc) is 2.78. The van der Waals surface area contributed by atoms with E-state index in [0.29, 0.717) is 24.5 Å². The molecule has 0 fully saturated rings. The van der Waals surface area contributed by atoms with Gasteiger partial charge < -0.3 is 4.74 Å². The third-order valence-corrected chi connectivity index (χ3v) is 2.81. The number of methoxy groups -OCH3 is 1. The summed E-state index contributed by atoms with van der Waals surface area (Å²) in [5.74, 6) is 0.516. The Morgan fingerprint density at radius 2 is 2.47 bits per heavy atom. The fraction of sp³-hybridized carbons (Fsp3) is 0.182. The van der Waals surface area contributed by atoms with Crippen LogP contribution in [0.3, 0.4) is 0 Å². The molecule has 0 aliphatic carbocycles. The summed E-state index contributed by atoms with van der Waals surface area (Å²) in [6.45, 7) is 0.440. The third kappa shape index (κ3) is 2.86. The molecule has 5 nitrogen and oxygen atoms in total. The highest BCUT2D eigenvalue weighted by atomic mass is 32.1. The molecule has 0 aliphatic rings. The lowest BCUT2D eigenvalue weighted by Crippen LogP contribution is -2.14. The van der Waals surface area contributed by atoms with Crippen molar-refractivity contribution in [3.8, 4) is 0 Å². The van der Waals surface area contributed by atoms with Gasteiger partial charge in [0, 0.05) is 18.7 Å². The van der Waals surface area contributed by atoms with Crippen LogP contribution >= 0.6 is 11.3 Å². The summed E-state index contributed by atoms with van der Waals surface area (Å²) < 4.78 is 6.90. The monoisotopic (exact) mass is 249 g/mol. The van der Waals surface area contributed by atoms with Crippen molar-refractivity contribution in [1.82, 2.24) is 9.55 Å². The van der Waals surface area contributed by atoms with Gasteiger partial charge in [-0.2, -0.15) is 0 Å². The van der Waals surface area contributed by atoms with Crippen molar-refractivity contribution >= 4 is 23.4 Å². The number of rotatable bonds is 4. The van der Waals surface area contributed by atoms with Crippen LogP contribution < -0.4 is 4.80 Å². The molecule has 0 spiro atoms. The maximum atomic E-state index is 10.6. The molecule has 2 heterocycles. The van der Waals surface area contributed by atoms with Gasteiger partial charge in [0.15, 0.2) is 16.9 Å². The first-order valence-corrected chi connectivity index (χ1v) is 5.81. The zero-order valence-corrected chi connectivity index (χ0v) is 10.1. The quantitative estimate of drug-likeness (QED) is 0.773. The highest BCUT2D eigenvalue weighted by molar-refractivity contribution is 7.07. The first-order chi connectivity index (χ1) is 8.33. The molecular formula is C11H11N3O2S. The third-order valence-electron chi connectivity index (χ3n) is 2.02. The van der Waals surface area contributed by atoms with Gasteiger partial charge in [0.1, 0.15) is 12.4 Å². The van der Waals surface area contributed by atoms with Crippen LogP contribution in [0.2, 0.25) is 0 Å². The highest BCUT2D eigenvalue weighted by Gasteiger charge is 1.97. The number of aldehydes is 1. The minimum absolute atomic E-state index is 0.376. The molecule has 0 saturated carbocycles. The van der Waals surface area contributed by atoms with E-state index in [0.717, 1.165) is 4.80 Å². The second-order valence-electron chi connectivity index (χ2n) is 3.22. The average molecular weight is 249 g/mol. The summed E-state index contributed by atoms with van der Waals surface area (Å²) in [5, 5.41) is 1.92. The molecule has 0 unspecified atom stereocenters. The molecule has 0 aromatic carbocycles. The van der Waals surface area contributed by atoms with E-state index < -0.39 is 0 Å². The number of hydrogen-bond donors (Lipinski definition) is 0. The maximum absolute atomic E-state index is 10.6. The van der Waals surface area contributed by atoms with Crippen molar-refractivity contribution < 1.29 is 9.53 Å². The van der Waals surface area contributed by atoms with Crippen LogP contribution in [-0.4, -0.2) is 22.9 Å². The van der Waals surface area contributed by atoms with E-state index in [1.54, 1.807) is 25.3 Å². The molecule has 0 amide bonds. The van der Waals surface area contributed by atoms with Crippen LogP contribution in [0, 0.1) is 0 Å². The summed E-state index contributed by atoms with van der Waals surface area (Å²) in [6, 6.07) is 5.15. The van der Waals surface area contributed by atoms with Crippen LogP contribution in [0.25, 0.3) is 0 Å². The Kier molecular flexibility index (Phi) is 3.79. The second kappa shape index (κ2) is 5.51. The first kappa shape index (κ1) is 11.7. The Bertz CT molecular complexity index is 574. The van der Waals surface area contributed by atoms with E-state index in [4.69, 9.17) is 4.74 Å². The van der Waals surface area contributed by atoms with Crippen LogP contribution in [0.15, 0.2) is 34.8 Å². The van der Waals surface area contributed by atoms with Crippen molar-refractivity contribution in [1.29, 1.82) is 0 Å². The van der Waals surface area contributed by atoms with E-state index in [-0.39, 0.29) is 0 Å². The molecule has 0 aliphatic heterocycles. The lowest BCUT2D eigenvalue weighted by Gasteiger charge is -1.99. The number of carbonyl (C=O) groups excluding carboxylic acids is 1. The van der Waals surface area contributed by atoms with Crippen molar-refractivity contribution in [2.24, 2.45) is 4.99 Å². The number of hydrogen-bond acceptors (Lipinski definition) is 5. The molecule has 0 N–H and O–H groups in total. The maximum Gasteiger partial charge on any atom is 0.193 e. The number of pyridine rings is 1. The molecule has 2 rings (SSSR count). The number of thiazole rings is 1. The van der Waals surface area contributed by atoms with E-state index in [9.17, 15) is 4.79 Å². The van der Waals surface area contributed by atoms with Crippen LogP contribution in [0.4, 0.5) is 5.82 Å². The number of ether oxygens (including phenoxy) is 1. The van der Waals surface area contributed by atoms with Gasteiger partial charge in [-0.25, -0.2) is 9.98 Å². The SMILES string of the molecule is COCn1ccsc1=Nc1cccc(C=O)n1. The zero-order chi connectivity index (χ0) is 12.1. The standard InChI is InChI=1S/C11H11N3O2S/c1-16-8-14-5-6-17-11(14)13-10-4-2-3-9(7-15)12-10/h2-7H,8H2,1H3. The molecular weight excluding hydrogens is 238 g/mol. The Labute approximate surface area is 102 Å². The zero-order valence-electron chi connectivity index (χ0n) is 9.24. The van der Waals surface area contributed by atoms with Gasteiger partial charge in [-0.05, 0) is 12.1 Å². The van der Waals surface area contributed by atoms with Crippen LogP contribution in [0.5, 0.6) is 0 Å². The Hall–Kier alpha value is -1.79. The highest BCUT2D eigenvalue weighted by Crippen LogP contribution is 2.07. The molecule has 2 aromatic rings. The van der Waals surface area contributed by atoms with Crippen LogP contribution in [0.1, 0.15) is 10.5 Å². The Balaban J connectivity index is 2.40. The lowest BCUT2D eigenvalue weighted by atomic mass is 10.4. The summed E-state index contributed by atoms with van der Waals surface area (Å²) in [6.07, 6.45) is 2.59. The van der Waals surface area contributed by atoms with Crippen molar-refractivity contribution in [2.75, 3.05) is 7.11 Å². The smallest absolute Gasteiger partial charge is 0.193 e. The molecule has 0 radical (unpaired) electrons. The first-order valence-electron chi connectivity index (χ1n) is 4.93. The van der Waals surface area contributed by atoms with Crippen molar-refractivity contribution in [3.63, 3.8) is 0 Å². The Morgan fingerprint density at radius 3 is 3.24 bits per heavy atom.